The fraction of sp³-hybridized carbons (Fsp3) is 0.571. The molecule has 0 bridgehead atoms. The summed E-state index contributed by atoms with van der Waals surface area (Å²) in [7, 11) is 0. The summed E-state index contributed by atoms with van der Waals surface area (Å²) < 4.78 is 0. The monoisotopic (exact) mass is 284 g/mol. The maximum atomic E-state index is 11.0. The Kier molecular flexibility index (Phi) is 6.25. The second-order valence-corrected chi connectivity index (χ2v) is 5.41. The molecule has 4 nitrogen and oxygen atoms in total. The normalized spacial score (nSPS) is 12.7. The minimum Gasteiger partial charge on any atom is -0.314 e. The van der Waals surface area contributed by atoms with Gasteiger partial charge in [0.05, 0.1) is 4.92 Å². The van der Waals surface area contributed by atoms with Gasteiger partial charge in [-0.1, -0.05) is 32.4 Å². The molecule has 106 valence electrons. The lowest BCUT2D eigenvalue weighted by molar-refractivity contribution is -0.385. The van der Waals surface area contributed by atoms with Gasteiger partial charge in [0.25, 0.3) is 5.69 Å². The Labute approximate surface area is 119 Å². The molecule has 0 spiro atoms. The molecule has 0 amide bonds. The zero-order valence-corrected chi connectivity index (χ0v) is 12.4. The second kappa shape index (κ2) is 7.46. The Morgan fingerprint density at radius 3 is 2.63 bits per heavy atom. The summed E-state index contributed by atoms with van der Waals surface area (Å²) in [5.41, 5.74) is 0.865. The van der Waals surface area contributed by atoms with E-state index in [0.29, 0.717) is 29.0 Å². The number of nitrogens with one attached hydrogen (secondary N) is 1. The van der Waals surface area contributed by atoms with Gasteiger partial charge < -0.3 is 5.32 Å². The molecule has 19 heavy (non-hydrogen) atoms. The van der Waals surface area contributed by atoms with Gasteiger partial charge in [-0.15, -0.1) is 0 Å². The fourth-order valence-electron chi connectivity index (χ4n) is 2.18. The smallest absolute Gasteiger partial charge is 0.272 e. The van der Waals surface area contributed by atoms with Crippen molar-refractivity contribution in [2.24, 2.45) is 5.92 Å². The number of aryl methyl sites for hydroxylation is 1. The van der Waals surface area contributed by atoms with Crippen molar-refractivity contribution in [1.29, 1.82) is 0 Å². The summed E-state index contributed by atoms with van der Waals surface area (Å²) >= 11 is 5.92. The highest BCUT2D eigenvalue weighted by molar-refractivity contribution is 6.30. The molecule has 1 rings (SSSR count). The van der Waals surface area contributed by atoms with Gasteiger partial charge >= 0.3 is 0 Å². The van der Waals surface area contributed by atoms with Gasteiger partial charge in [-0.05, 0) is 37.4 Å². The highest BCUT2D eigenvalue weighted by Gasteiger charge is 2.17. The van der Waals surface area contributed by atoms with Crippen LogP contribution in [-0.4, -0.2) is 17.5 Å². The molecule has 1 aromatic carbocycles. The van der Waals surface area contributed by atoms with Crippen LogP contribution in [0.2, 0.25) is 5.02 Å². The molecule has 1 aromatic rings. The minimum absolute atomic E-state index is 0.156. The van der Waals surface area contributed by atoms with Gasteiger partial charge in [-0.2, -0.15) is 0 Å². The van der Waals surface area contributed by atoms with Gasteiger partial charge in [0, 0.05) is 22.7 Å². The van der Waals surface area contributed by atoms with E-state index in [1.54, 1.807) is 12.1 Å². The van der Waals surface area contributed by atoms with E-state index in [9.17, 15) is 10.1 Å². The first-order valence-corrected chi connectivity index (χ1v) is 6.99. The summed E-state index contributed by atoms with van der Waals surface area (Å²) in [5, 5.41) is 14.9. The molecule has 1 atom stereocenters. The number of nitro groups is 1. The van der Waals surface area contributed by atoms with E-state index in [1.165, 1.54) is 6.07 Å². The zero-order chi connectivity index (χ0) is 14.4. The van der Waals surface area contributed by atoms with Gasteiger partial charge in [-0.3, -0.25) is 10.1 Å². The molecule has 0 heterocycles. The van der Waals surface area contributed by atoms with Crippen molar-refractivity contribution < 1.29 is 4.92 Å². The van der Waals surface area contributed by atoms with Crippen molar-refractivity contribution in [3.63, 3.8) is 0 Å². The van der Waals surface area contributed by atoms with Crippen molar-refractivity contribution in [3.8, 4) is 0 Å². The van der Waals surface area contributed by atoms with Crippen LogP contribution in [0.4, 0.5) is 5.69 Å². The third-order valence-electron chi connectivity index (χ3n) is 3.23. The molecule has 0 aromatic heterocycles. The largest absolute Gasteiger partial charge is 0.314 e. The quantitative estimate of drug-likeness (QED) is 0.612. The van der Waals surface area contributed by atoms with Gasteiger partial charge in [-0.25, -0.2) is 0 Å². The maximum Gasteiger partial charge on any atom is 0.272 e. The molecule has 5 heteroatoms. The molecule has 1 unspecified atom stereocenters. The average molecular weight is 285 g/mol. The summed E-state index contributed by atoms with van der Waals surface area (Å²) in [6, 6.07) is 5.11. The molecule has 0 saturated heterocycles. The number of hydrogen-bond donors (Lipinski definition) is 1. The molecule has 0 aliphatic heterocycles. The van der Waals surface area contributed by atoms with Gasteiger partial charge in [0.1, 0.15) is 0 Å². The van der Waals surface area contributed by atoms with Crippen LogP contribution in [0.5, 0.6) is 0 Å². The van der Waals surface area contributed by atoms with Crippen molar-refractivity contribution >= 4 is 17.3 Å². The van der Waals surface area contributed by atoms with Gasteiger partial charge in [0.15, 0.2) is 0 Å². The highest BCUT2D eigenvalue weighted by atomic mass is 35.5. The Morgan fingerprint density at radius 2 is 2.11 bits per heavy atom. The van der Waals surface area contributed by atoms with Crippen molar-refractivity contribution in [1.82, 2.24) is 5.32 Å². The molecule has 0 fully saturated rings. The van der Waals surface area contributed by atoms with Gasteiger partial charge in [0.2, 0.25) is 0 Å². The summed E-state index contributed by atoms with van der Waals surface area (Å²) in [4.78, 5) is 10.6. The number of benzene rings is 1. The van der Waals surface area contributed by atoms with Crippen molar-refractivity contribution in [2.75, 3.05) is 6.54 Å². The van der Waals surface area contributed by atoms with E-state index < -0.39 is 0 Å². The molecule has 1 N–H and O–H groups in total. The van der Waals surface area contributed by atoms with E-state index in [0.717, 1.165) is 13.0 Å². The number of nitro benzene ring substituents is 1. The SMILES string of the molecule is CCNC(CCc1cc(Cl)ccc1[N+](=O)[O-])C(C)C. The Hall–Kier alpha value is -1.13. The predicted octanol–water partition coefficient (Wildman–Crippen LogP) is 3.81. The van der Waals surface area contributed by atoms with Crippen LogP contribution in [0.15, 0.2) is 18.2 Å². The first-order chi connectivity index (χ1) is 8.95. The molecule has 0 aliphatic carbocycles. The Bertz CT molecular complexity index is 435. The number of nitrogens with zero attached hydrogens (tertiary/aromatic N) is 1. The topological polar surface area (TPSA) is 55.2 Å². The van der Waals surface area contributed by atoms with E-state index in [4.69, 9.17) is 11.6 Å². The van der Waals surface area contributed by atoms with Crippen molar-refractivity contribution in [3.05, 3.63) is 38.9 Å². The average Bonchev–Trinajstić information content (AvgIpc) is 2.33. The third kappa shape index (κ3) is 4.80. The van der Waals surface area contributed by atoms with Crippen LogP contribution in [0.3, 0.4) is 0 Å². The fourth-order valence-corrected chi connectivity index (χ4v) is 2.37. The van der Waals surface area contributed by atoms with Crippen LogP contribution in [0.25, 0.3) is 0 Å². The van der Waals surface area contributed by atoms with E-state index >= 15 is 0 Å². The summed E-state index contributed by atoms with van der Waals surface area (Å²) in [6.45, 7) is 7.27. The molecular weight excluding hydrogens is 264 g/mol. The highest BCUT2D eigenvalue weighted by Crippen LogP contribution is 2.25. The van der Waals surface area contributed by atoms with Crippen LogP contribution in [-0.2, 0) is 6.42 Å². The first-order valence-electron chi connectivity index (χ1n) is 6.61. The summed E-state index contributed by atoms with van der Waals surface area (Å²) in [5.74, 6) is 0.498. The first kappa shape index (κ1) is 15.9. The molecular formula is C14H21ClN2O2. The number of halogens is 1. The minimum atomic E-state index is -0.344. The second-order valence-electron chi connectivity index (χ2n) is 4.98. The van der Waals surface area contributed by atoms with E-state index in [1.807, 2.05) is 0 Å². The van der Waals surface area contributed by atoms with Crippen molar-refractivity contribution in [2.45, 2.75) is 39.7 Å². The van der Waals surface area contributed by atoms with E-state index in [-0.39, 0.29) is 10.6 Å². The lowest BCUT2D eigenvalue weighted by atomic mass is 9.96. The van der Waals surface area contributed by atoms with Crippen LogP contribution < -0.4 is 5.32 Å². The molecule has 0 radical (unpaired) electrons. The number of hydrogen-bond acceptors (Lipinski definition) is 3. The standard InChI is InChI=1S/C14H21ClN2O2/c1-4-16-13(10(2)3)7-5-11-9-12(15)6-8-14(11)17(18)19/h6,8-10,13,16H,4-5,7H2,1-3H3. The molecule has 0 saturated carbocycles. The third-order valence-corrected chi connectivity index (χ3v) is 3.47. The zero-order valence-electron chi connectivity index (χ0n) is 11.6. The van der Waals surface area contributed by atoms with E-state index in [2.05, 4.69) is 26.1 Å². The lowest BCUT2D eigenvalue weighted by Gasteiger charge is -2.21. The van der Waals surface area contributed by atoms with Crippen LogP contribution >= 0.6 is 11.6 Å². The number of rotatable bonds is 7. The maximum absolute atomic E-state index is 11.0. The predicted molar refractivity (Wildman–Crippen MR) is 78.7 cm³/mol. The lowest BCUT2D eigenvalue weighted by Crippen LogP contribution is -2.34. The Balaban J connectivity index is 2.80. The van der Waals surface area contributed by atoms with Crippen LogP contribution in [0, 0.1) is 16.0 Å². The van der Waals surface area contributed by atoms with Crippen LogP contribution in [0.1, 0.15) is 32.8 Å². The molecule has 0 aliphatic rings. The summed E-state index contributed by atoms with van der Waals surface area (Å²) in [6.07, 6.45) is 1.53. The Morgan fingerprint density at radius 1 is 1.42 bits per heavy atom.